The highest BCUT2D eigenvalue weighted by molar-refractivity contribution is 7.89. The summed E-state index contributed by atoms with van der Waals surface area (Å²) in [7, 11) is -3.83. The number of sulfonamides is 1. The lowest BCUT2D eigenvalue weighted by Gasteiger charge is -2.25. The van der Waals surface area contributed by atoms with Crippen LogP contribution in [0.5, 0.6) is 0 Å². The zero-order valence-corrected chi connectivity index (χ0v) is 17.9. The second-order valence-corrected chi connectivity index (χ2v) is 9.90. The first-order valence-electron chi connectivity index (χ1n) is 10.1. The van der Waals surface area contributed by atoms with Crippen molar-refractivity contribution in [3.8, 4) is 0 Å². The zero-order valence-electron chi connectivity index (χ0n) is 17.1. The Kier molecular flexibility index (Phi) is 5.38. The molecule has 30 heavy (non-hydrogen) atoms. The van der Waals surface area contributed by atoms with Gasteiger partial charge in [0.05, 0.1) is 4.90 Å². The molecule has 0 aromatic heterocycles. The van der Waals surface area contributed by atoms with Crippen molar-refractivity contribution in [3.05, 3.63) is 53.1 Å². The smallest absolute Gasteiger partial charge is 0.243 e. The number of carbonyl (C=O) groups is 2. The van der Waals surface area contributed by atoms with E-state index in [9.17, 15) is 18.0 Å². The van der Waals surface area contributed by atoms with Gasteiger partial charge in [-0.05, 0) is 80.1 Å². The molecule has 1 atom stereocenters. The van der Waals surface area contributed by atoms with Crippen molar-refractivity contribution in [3.63, 3.8) is 0 Å². The molecule has 0 bridgehead atoms. The molecule has 1 fully saturated rings. The Morgan fingerprint density at radius 3 is 2.57 bits per heavy atom. The zero-order chi connectivity index (χ0) is 21.5. The Hall–Kier alpha value is -2.71. The van der Waals surface area contributed by atoms with Gasteiger partial charge in [0.25, 0.3) is 0 Å². The minimum absolute atomic E-state index is 0.0687. The molecule has 2 aromatic rings. The van der Waals surface area contributed by atoms with Gasteiger partial charge < -0.3 is 10.6 Å². The average molecular weight is 428 g/mol. The highest BCUT2D eigenvalue weighted by atomic mass is 32.2. The molecule has 158 valence electrons. The normalized spacial score (nSPS) is 19.3. The lowest BCUT2D eigenvalue weighted by atomic mass is 10.0. The van der Waals surface area contributed by atoms with Gasteiger partial charge in [-0.3, -0.25) is 9.59 Å². The molecule has 0 spiro atoms. The van der Waals surface area contributed by atoms with Gasteiger partial charge >= 0.3 is 0 Å². The van der Waals surface area contributed by atoms with E-state index in [1.54, 1.807) is 12.1 Å². The lowest BCUT2D eigenvalue weighted by Crippen LogP contribution is -2.43. The molecule has 2 heterocycles. The molecule has 0 radical (unpaired) electrons. The van der Waals surface area contributed by atoms with E-state index in [1.807, 2.05) is 32.0 Å². The Bertz CT molecular complexity index is 1110. The fraction of sp³-hybridized carbons (Fsp3) is 0.364. The molecular weight excluding hydrogens is 402 g/mol. The number of amides is 2. The second kappa shape index (κ2) is 7.85. The minimum Gasteiger partial charge on any atom is -0.326 e. The van der Waals surface area contributed by atoms with Gasteiger partial charge in [0.1, 0.15) is 6.04 Å². The minimum atomic E-state index is -3.83. The number of carbonyl (C=O) groups excluding carboxylic acids is 2. The number of rotatable bonds is 4. The third-order valence-corrected chi connectivity index (χ3v) is 7.48. The summed E-state index contributed by atoms with van der Waals surface area (Å²) in [6, 6.07) is 9.75. The Morgan fingerprint density at radius 2 is 1.83 bits per heavy atom. The monoisotopic (exact) mass is 427 g/mol. The number of nitrogens with zero attached hydrogens (tertiary/aromatic N) is 1. The van der Waals surface area contributed by atoms with Crippen molar-refractivity contribution in [2.24, 2.45) is 0 Å². The maximum Gasteiger partial charge on any atom is 0.243 e. The van der Waals surface area contributed by atoms with Crippen LogP contribution in [0.1, 0.15) is 36.0 Å². The third-order valence-electron chi connectivity index (χ3n) is 5.57. The topological polar surface area (TPSA) is 95.6 Å². The summed E-state index contributed by atoms with van der Waals surface area (Å²) in [5, 5.41) is 5.64. The fourth-order valence-corrected chi connectivity index (χ4v) is 5.93. The predicted molar refractivity (Wildman–Crippen MR) is 115 cm³/mol. The first-order chi connectivity index (χ1) is 14.2. The summed E-state index contributed by atoms with van der Waals surface area (Å²) in [6.45, 7) is 4.21. The maximum atomic E-state index is 13.3. The van der Waals surface area contributed by atoms with Crippen molar-refractivity contribution < 1.29 is 18.0 Å². The van der Waals surface area contributed by atoms with Crippen molar-refractivity contribution in [2.75, 3.05) is 17.2 Å². The summed E-state index contributed by atoms with van der Waals surface area (Å²) in [6.07, 6.45) is 1.95. The molecule has 2 aliphatic heterocycles. The highest BCUT2D eigenvalue weighted by Gasteiger charge is 2.39. The molecule has 4 rings (SSSR count). The lowest BCUT2D eigenvalue weighted by molar-refractivity contribution is -0.119. The maximum absolute atomic E-state index is 13.3. The van der Waals surface area contributed by atoms with Crippen molar-refractivity contribution >= 4 is 33.2 Å². The molecule has 7 nitrogen and oxygen atoms in total. The molecule has 0 saturated carbocycles. The van der Waals surface area contributed by atoms with Gasteiger partial charge in [-0.25, -0.2) is 8.42 Å². The van der Waals surface area contributed by atoms with Crippen molar-refractivity contribution in [2.45, 2.75) is 50.5 Å². The summed E-state index contributed by atoms with van der Waals surface area (Å²) in [4.78, 5) is 24.6. The van der Waals surface area contributed by atoms with Gasteiger partial charge in [-0.15, -0.1) is 0 Å². The number of nitrogens with one attached hydrogen (secondary N) is 2. The van der Waals surface area contributed by atoms with Gasteiger partial charge in [-0.2, -0.15) is 4.31 Å². The quantitative estimate of drug-likeness (QED) is 0.784. The van der Waals surface area contributed by atoms with E-state index in [-0.39, 0.29) is 16.7 Å². The molecule has 2 amide bonds. The van der Waals surface area contributed by atoms with Crippen molar-refractivity contribution in [1.29, 1.82) is 0 Å². The molecule has 2 N–H and O–H groups in total. The van der Waals surface area contributed by atoms with Crippen LogP contribution < -0.4 is 10.6 Å². The van der Waals surface area contributed by atoms with Crippen LogP contribution in [-0.2, 0) is 26.0 Å². The first kappa shape index (κ1) is 20.6. The molecule has 2 aliphatic rings. The van der Waals surface area contributed by atoms with E-state index in [4.69, 9.17) is 0 Å². The standard InChI is InChI=1S/C22H25N3O4S/c1-14-10-15(2)12-17(11-14)23-22(27)20-4-3-9-25(20)30(28,29)18-6-7-19-16(13-18)5-8-21(26)24-19/h6-7,10-13,20H,3-5,8-9H2,1-2H3,(H,23,27)(H,24,26). The fourth-order valence-electron chi connectivity index (χ4n) is 4.22. The Balaban J connectivity index is 1.57. The van der Waals surface area contributed by atoms with Crippen molar-refractivity contribution in [1.82, 2.24) is 4.31 Å². The van der Waals surface area contributed by atoms with Crippen LogP contribution >= 0.6 is 0 Å². The number of anilines is 2. The SMILES string of the molecule is Cc1cc(C)cc(NC(=O)C2CCCN2S(=O)(=O)c2ccc3c(c2)CCC(=O)N3)c1. The van der Waals surface area contributed by atoms with Crippen LogP contribution in [0, 0.1) is 13.8 Å². The summed E-state index contributed by atoms with van der Waals surface area (Å²) < 4.78 is 27.9. The molecule has 1 saturated heterocycles. The van der Waals surface area contributed by atoms with E-state index < -0.39 is 16.1 Å². The second-order valence-electron chi connectivity index (χ2n) is 8.01. The van der Waals surface area contributed by atoms with Crippen LogP contribution in [0.15, 0.2) is 41.3 Å². The van der Waals surface area contributed by atoms with Gasteiger partial charge in [0.15, 0.2) is 0 Å². The van der Waals surface area contributed by atoms with Crippen LogP contribution in [0.2, 0.25) is 0 Å². The van der Waals surface area contributed by atoms with E-state index >= 15 is 0 Å². The van der Waals surface area contributed by atoms with Crippen LogP contribution in [0.25, 0.3) is 0 Å². The third kappa shape index (κ3) is 3.97. The summed E-state index contributed by atoms with van der Waals surface area (Å²) in [5.74, 6) is -0.382. The van der Waals surface area contributed by atoms with Gasteiger partial charge in [-0.1, -0.05) is 6.07 Å². The van der Waals surface area contributed by atoms with E-state index in [0.717, 1.165) is 16.7 Å². The van der Waals surface area contributed by atoms with E-state index in [1.165, 1.54) is 10.4 Å². The summed E-state index contributed by atoms with van der Waals surface area (Å²) >= 11 is 0. The van der Waals surface area contributed by atoms with Crippen LogP contribution in [0.4, 0.5) is 11.4 Å². The van der Waals surface area contributed by atoms with Crippen LogP contribution in [-0.4, -0.2) is 37.1 Å². The number of hydrogen-bond donors (Lipinski definition) is 2. The molecule has 2 aromatic carbocycles. The highest BCUT2D eigenvalue weighted by Crippen LogP contribution is 2.31. The number of benzene rings is 2. The predicted octanol–water partition coefficient (Wildman–Crippen LogP) is 2.98. The Morgan fingerprint density at radius 1 is 1.10 bits per heavy atom. The average Bonchev–Trinajstić information content (AvgIpc) is 3.17. The number of aryl methyl sites for hydroxylation is 3. The van der Waals surface area contributed by atoms with Gasteiger partial charge in [0, 0.05) is 24.3 Å². The number of hydrogen-bond acceptors (Lipinski definition) is 4. The van der Waals surface area contributed by atoms with E-state index in [0.29, 0.717) is 43.6 Å². The number of fused-ring (bicyclic) bond motifs is 1. The largest absolute Gasteiger partial charge is 0.326 e. The Labute approximate surface area is 176 Å². The molecule has 0 aliphatic carbocycles. The van der Waals surface area contributed by atoms with E-state index in [2.05, 4.69) is 10.6 Å². The van der Waals surface area contributed by atoms with Crippen LogP contribution in [0.3, 0.4) is 0 Å². The first-order valence-corrected chi connectivity index (χ1v) is 11.5. The van der Waals surface area contributed by atoms with Gasteiger partial charge in [0.2, 0.25) is 21.8 Å². The molecular formula is C22H25N3O4S. The molecule has 8 heteroatoms. The summed E-state index contributed by atoms with van der Waals surface area (Å²) in [5.41, 5.74) is 4.18. The molecule has 1 unspecified atom stereocenters.